The van der Waals surface area contributed by atoms with Crippen molar-refractivity contribution < 1.29 is 18.3 Å². The van der Waals surface area contributed by atoms with Gasteiger partial charge in [-0.05, 0) is 24.5 Å². The SMILES string of the molecule is O=C(Cc1ccccc1)Nc1ccnn1C1CCN(Cc2ccccc2OC(F)F)CC1. The molecule has 2 heterocycles. The molecule has 0 aliphatic carbocycles. The molecule has 1 aromatic heterocycles. The zero-order valence-electron chi connectivity index (χ0n) is 17.7. The molecule has 4 rings (SSSR count). The van der Waals surface area contributed by atoms with Gasteiger partial charge in [-0.2, -0.15) is 13.9 Å². The first-order valence-electron chi connectivity index (χ1n) is 10.7. The van der Waals surface area contributed by atoms with Crippen LogP contribution in [0.1, 0.15) is 30.0 Å². The second kappa shape index (κ2) is 10.4. The summed E-state index contributed by atoms with van der Waals surface area (Å²) in [6.45, 7) is -0.692. The molecule has 2 aromatic carbocycles. The van der Waals surface area contributed by atoms with E-state index in [-0.39, 0.29) is 17.7 Å². The minimum Gasteiger partial charge on any atom is -0.434 e. The Morgan fingerprint density at radius 2 is 1.78 bits per heavy atom. The summed E-state index contributed by atoms with van der Waals surface area (Å²) in [5.41, 5.74) is 1.71. The first-order valence-corrected chi connectivity index (χ1v) is 10.7. The average Bonchev–Trinajstić information content (AvgIpc) is 3.24. The number of benzene rings is 2. The Morgan fingerprint density at radius 3 is 2.53 bits per heavy atom. The number of ether oxygens (including phenoxy) is 1. The van der Waals surface area contributed by atoms with Crippen LogP contribution in [0.2, 0.25) is 0 Å². The monoisotopic (exact) mass is 440 g/mol. The van der Waals surface area contributed by atoms with Crippen LogP contribution in [-0.4, -0.2) is 40.3 Å². The van der Waals surface area contributed by atoms with E-state index in [9.17, 15) is 13.6 Å². The molecule has 0 saturated carbocycles. The maximum absolute atomic E-state index is 12.7. The Morgan fingerprint density at radius 1 is 1.06 bits per heavy atom. The number of rotatable bonds is 8. The molecule has 0 spiro atoms. The molecule has 6 nitrogen and oxygen atoms in total. The van der Waals surface area contributed by atoms with Crippen molar-refractivity contribution in [2.75, 3.05) is 18.4 Å². The maximum atomic E-state index is 12.7. The third-order valence-corrected chi connectivity index (χ3v) is 5.63. The fourth-order valence-corrected chi connectivity index (χ4v) is 4.08. The normalized spacial score (nSPS) is 15.1. The predicted octanol–water partition coefficient (Wildman–Crippen LogP) is 4.50. The molecule has 0 bridgehead atoms. The number of likely N-dealkylation sites (tertiary alicyclic amines) is 1. The van der Waals surface area contributed by atoms with Gasteiger partial charge >= 0.3 is 6.61 Å². The van der Waals surface area contributed by atoms with E-state index < -0.39 is 6.61 Å². The molecule has 1 saturated heterocycles. The summed E-state index contributed by atoms with van der Waals surface area (Å²) in [7, 11) is 0. The van der Waals surface area contributed by atoms with Gasteiger partial charge in [0.15, 0.2) is 0 Å². The highest BCUT2D eigenvalue weighted by atomic mass is 19.3. The van der Waals surface area contributed by atoms with Crippen LogP contribution in [0, 0.1) is 0 Å². The lowest BCUT2D eigenvalue weighted by Gasteiger charge is -2.33. The molecular formula is C24H26F2N4O2. The van der Waals surface area contributed by atoms with E-state index in [1.807, 2.05) is 53.2 Å². The molecule has 168 valence electrons. The van der Waals surface area contributed by atoms with Crippen molar-refractivity contribution in [3.63, 3.8) is 0 Å². The summed E-state index contributed by atoms with van der Waals surface area (Å²) in [6, 6.07) is 18.5. The van der Waals surface area contributed by atoms with Crippen molar-refractivity contribution in [2.45, 2.75) is 38.5 Å². The van der Waals surface area contributed by atoms with Crippen LogP contribution in [-0.2, 0) is 17.8 Å². The van der Waals surface area contributed by atoms with E-state index in [2.05, 4.69) is 20.1 Å². The summed E-state index contributed by atoms with van der Waals surface area (Å²) in [5.74, 6) is 0.839. The third kappa shape index (κ3) is 5.70. The molecule has 0 atom stereocenters. The van der Waals surface area contributed by atoms with Crippen LogP contribution in [0.25, 0.3) is 0 Å². The second-order valence-electron chi connectivity index (χ2n) is 7.87. The number of piperidine rings is 1. The lowest BCUT2D eigenvalue weighted by atomic mass is 10.0. The van der Waals surface area contributed by atoms with Gasteiger partial charge in [0, 0.05) is 31.3 Å². The van der Waals surface area contributed by atoms with Gasteiger partial charge in [-0.25, -0.2) is 4.68 Å². The minimum atomic E-state index is -2.84. The largest absolute Gasteiger partial charge is 0.434 e. The minimum absolute atomic E-state index is 0.0778. The molecule has 0 unspecified atom stereocenters. The number of carbonyl (C=O) groups excluding carboxylic acids is 1. The van der Waals surface area contributed by atoms with Crippen molar-refractivity contribution in [3.8, 4) is 5.75 Å². The third-order valence-electron chi connectivity index (χ3n) is 5.63. The number of nitrogens with one attached hydrogen (secondary N) is 1. The summed E-state index contributed by atoms with van der Waals surface area (Å²) in [6.07, 6.45) is 3.70. The number of para-hydroxylation sites is 1. The van der Waals surface area contributed by atoms with Crippen molar-refractivity contribution >= 4 is 11.7 Å². The fraction of sp³-hybridized carbons (Fsp3) is 0.333. The van der Waals surface area contributed by atoms with Crippen molar-refractivity contribution in [3.05, 3.63) is 78.0 Å². The van der Waals surface area contributed by atoms with Gasteiger partial charge in [0.05, 0.1) is 18.7 Å². The quantitative estimate of drug-likeness (QED) is 0.560. The summed E-state index contributed by atoms with van der Waals surface area (Å²) < 4.78 is 31.9. The van der Waals surface area contributed by atoms with Gasteiger partial charge in [-0.1, -0.05) is 48.5 Å². The van der Waals surface area contributed by atoms with E-state index in [4.69, 9.17) is 0 Å². The number of hydrogen-bond donors (Lipinski definition) is 1. The molecule has 3 aromatic rings. The van der Waals surface area contributed by atoms with E-state index in [1.54, 1.807) is 18.3 Å². The summed E-state index contributed by atoms with van der Waals surface area (Å²) in [4.78, 5) is 14.7. The van der Waals surface area contributed by atoms with Gasteiger partial charge in [-0.3, -0.25) is 9.69 Å². The molecule has 1 amide bonds. The number of nitrogens with zero attached hydrogens (tertiary/aromatic N) is 3. The molecule has 1 N–H and O–H groups in total. The maximum Gasteiger partial charge on any atom is 0.387 e. The van der Waals surface area contributed by atoms with Crippen molar-refractivity contribution in [1.82, 2.24) is 14.7 Å². The van der Waals surface area contributed by atoms with E-state index in [1.165, 1.54) is 0 Å². The predicted molar refractivity (Wildman–Crippen MR) is 118 cm³/mol. The van der Waals surface area contributed by atoms with Gasteiger partial charge in [0.1, 0.15) is 11.6 Å². The Bertz CT molecular complexity index is 1020. The molecule has 8 heteroatoms. The average molecular weight is 440 g/mol. The molecule has 1 aliphatic rings. The second-order valence-corrected chi connectivity index (χ2v) is 7.87. The highest BCUT2D eigenvalue weighted by molar-refractivity contribution is 5.91. The lowest BCUT2D eigenvalue weighted by molar-refractivity contribution is -0.115. The highest BCUT2D eigenvalue weighted by Gasteiger charge is 2.24. The smallest absolute Gasteiger partial charge is 0.387 e. The number of halogens is 2. The van der Waals surface area contributed by atoms with E-state index in [0.717, 1.165) is 37.1 Å². The Hall–Kier alpha value is -3.26. The van der Waals surface area contributed by atoms with Crippen LogP contribution in [0.5, 0.6) is 5.75 Å². The van der Waals surface area contributed by atoms with Crippen LogP contribution in [0.4, 0.5) is 14.6 Å². The van der Waals surface area contributed by atoms with Gasteiger partial charge in [0.25, 0.3) is 0 Å². The molecule has 0 radical (unpaired) electrons. The Balaban J connectivity index is 1.33. The number of hydrogen-bond acceptors (Lipinski definition) is 4. The lowest BCUT2D eigenvalue weighted by Crippen LogP contribution is -2.35. The van der Waals surface area contributed by atoms with E-state index >= 15 is 0 Å². The van der Waals surface area contributed by atoms with Gasteiger partial charge in [0.2, 0.25) is 5.91 Å². The molecule has 32 heavy (non-hydrogen) atoms. The topological polar surface area (TPSA) is 59.4 Å². The zero-order chi connectivity index (χ0) is 22.3. The fourth-order valence-electron chi connectivity index (χ4n) is 4.08. The Labute approximate surface area is 185 Å². The number of carbonyl (C=O) groups is 1. The van der Waals surface area contributed by atoms with Crippen molar-refractivity contribution in [1.29, 1.82) is 0 Å². The van der Waals surface area contributed by atoms with E-state index in [0.29, 0.717) is 18.8 Å². The summed E-state index contributed by atoms with van der Waals surface area (Å²) >= 11 is 0. The number of alkyl halides is 2. The first kappa shape index (κ1) is 22.0. The first-order chi connectivity index (χ1) is 15.6. The molecular weight excluding hydrogens is 414 g/mol. The van der Waals surface area contributed by atoms with Gasteiger partial charge < -0.3 is 10.1 Å². The molecule has 1 aliphatic heterocycles. The molecule has 1 fully saturated rings. The van der Waals surface area contributed by atoms with Gasteiger partial charge in [-0.15, -0.1) is 0 Å². The van der Waals surface area contributed by atoms with Crippen LogP contribution < -0.4 is 10.1 Å². The van der Waals surface area contributed by atoms with Crippen LogP contribution in [0.3, 0.4) is 0 Å². The standard InChI is InChI=1S/C24H26F2N4O2/c25-24(26)32-21-9-5-4-8-19(21)17-29-14-11-20(12-15-29)30-22(10-13-27-30)28-23(31)16-18-6-2-1-3-7-18/h1-10,13,20,24H,11-12,14-17H2,(H,28,31). The number of aromatic nitrogens is 2. The Kier molecular flexibility index (Phi) is 7.11. The summed E-state index contributed by atoms with van der Waals surface area (Å²) in [5, 5.41) is 7.41. The number of amides is 1. The van der Waals surface area contributed by atoms with Crippen LogP contribution >= 0.6 is 0 Å². The zero-order valence-corrected chi connectivity index (χ0v) is 17.7. The van der Waals surface area contributed by atoms with Crippen molar-refractivity contribution in [2.24, 2.45) is 0 Å². The van der Waals surface area contributed by atoms with Crippen LogP contribution in [0.15, 0.2) is 66.9 Å². The highest BCUT2D eigenvalue weighted by Crippen LogP contribution is 2.28. The number of anilines is 1.